The van der Waals surface area contributed by atoms with Gasteiger partial charge in [-0.25, -0.2) is 4.79 Å². The predicted molar refractivity (Wildman–Crippen MR) is 355 cm³/mol. The summed E-state index contributed by atoms with van der Waals surface area (Å²) < 4.78 is 0. The number of amides is 13. The van der Waals surface area contributed by atoms with Gasteiger partial charge in [-0.1, -0.05) is 72.8 Å². The summed E-state index contributed by atoms with van der Waals surface area (Å²) in [4.78, 5) is 203. The van der Waals surface area contributed by atoms with Gasteiger partial charge >= 0.3 is 11.9 Å². The minimum absolute atomic E-state index is 0.00567. The minimum atomic E-state index is -2.09. The van der Waals surface area contributed by atoms with Crippen molar-refractivity contribution in [1.82, 2.24) is 58.1 Å². The minimum Gasteiger partial charge on any atom is -0.508 e. The van der Waals surface area contributed by atoms with Gasteiger partial charge in [0, 0.05) is 25.8 Å². The Bertz CT molecular complexity index is 3390. The number of aliphatic carboxylic acids is 2. The summed E-state index contributed by atoms with van der Waals surface area (Å²) in [7, 11) is 0. The lowest BCUT2D eigenvalue weighted by Crippen LogP contribution is -2.63. The molecule has 3 aromatic rings. The lowest BCUT2D eigenvalue weighted by molar-refractivity contribution is -0.144. The average Bonchev–Trinajstić information content (AvgIpc) is 1.74. The maximum absolute atomic E-state index is 14.5. The monoisotopic (exact) mass is 1420 g/mol. The molecule has 1 fully saturated rings. The molecule has 1 heterocycles. The number of carboxylic acids is 2. The molecule has 3 aromatic carbocycles. The average molecular weight is 1420 g/mol. The highest BCUT2D eigenvalue weighted by Gasteiger charge is 2.42. The van der Waals surface area contributed by atoms with E-state index in [1.165, 1.54) is 31.2 Å². The number of primary amides is 2. The van der Waals surface area contributed by atoms with Crippen molar-refractivity contribution in [2.45, 2.75) is 183 Å². The van der Waals surface area contributed by atoms with Gasteiger partial charge < -0.3 is 112 Å². The summed E-state index contributed by atoms with van der Waals surface area (Å²) in [5, 5.41) is 84.5. The van der Waals surface area contributed by atoms with Crippen LogP contribution in [-0.4, -0.2) is 229 Å². The summed E-state index contributed by atoms with van der Waals surface area (Å²) in [5.74, 6) is -17.6. The summed E-state index contributed by atoms with van der Waals surface area (Å²) in [6.07, 6.45) is -6.47. The second-order valence-corrected chi connectivity index (χ2v) is 24.2. The number of nitrogens with zero attached hydrogens (tertiary/aromatic N) is 1. The van der Waals surface area contributed by atoms with Gasteiger partial charge in [-0.05, 0) is 101 Å². The molecule has 14 atom stereocenters. The molecule has 0 spiro atoms. The molecule has 36 heteroatoms. The predicted octanol–water partition coefficient (Wildman–Crippen LogP) is -6.81. The van der Waals surface area contributed by atoms with E-state index in [0.717, 1.165) is 18.7 Å². The van der Waals surface area contributed by atoms with E-state index in [2.05, 4.69) is 53.2 Å². The zero-order valence-electron chi connectivity index (χ0n) is 55.8. The first-order valence-corrected chi connectivity index (χ1v) is 32.4. The zero-order valence-corrected chi connectivity index (χ0v) is 55.8. The molecule has 552 valence electrons. The number of phenols is 1. The van der Waals surface area contributed by atoms with Crippen LogP contribution in [0.25, 0.3) is 0 Å². The Labute approximate surface area is 579 Å². The maximum Gasteiger partial charge on any atom is 0.326 e. The van der Waals surface area contributed by atoms with E-state index >= 15 is 0 Å². The van der Waals surface area contributed by atoms with Crippen molar-refractivity contribution in [3.05, 3.63) is 102 Å². The number of unbranched alkanes of at least 4 members (excludes halogenated alkanes) is 1. The van der Waals surface area contributed by atoms with E-state index in [-0.39, 0.29) is 56.5 Å². The van der Waals surface area contributed by atoms with Gasteiger partial charge in [0.1, 0.15) is 72.2 Å². The third-order valence-corrected chi connectivity index (χ3v) is 16.0. The van der Waals surface area contributed by atoms with Crippen LogP contribution in [-0.2, 0) is 91.2 Å². The Kier molecular flexibility index (Phi) is 33.6. The number of benzene rings is 3. The highest BCUT2D eigenvalue weighted by atomic mass is 16.4. The molecule has 0 bridgehead atoms. The molecule has 0 aliphatic carbocycles. The first-order chi connectivity index (χ1) is 47.7. The molecular formula is C65H91N15O21. The van der Waals surface area contributed by atoms with Crippen molar-refractivity contribution in [3.8, 4) is 5.75 Å². The molecule has 4 rings (SSSR count). The van der Waals surface area contributed by atoms with Crippen LogP contribution in [0.1, 0.15) is 95.2 Å². The SMILES string of the molecule is C[C@H](NC(=O)[C@@H](NC(=O)[C@H](Cc1ccccc1)NC(=O)[C@@H]1CCCN1C(=O)[C@H](CC(N)=O)NC(=O)[C@@H](NC(=O)[C@H](CO)NC(=O)[C@H](CCC(=O)O)NC(=O)[C@H](Cc1ccc(O)cc1)NC(=O)[C@H](CC(N)=O)NC(=O)[C@@H](N)Cc1ccccc1)[C@@H](C)O)[C@@H](C)O)C(=O)N[C@@H](CCCCN)C(=O)O. The van der Waals surface area contributed by atoms with Crippen LogP contribution < -0.4 is 76.1 Å². The van der Waals surface area contributed by atoms with Crippen molar-refractivity contribution in [3.63, 3.8) is 0 Å². The maximum atomic E-state index is 14.5. The molecule has 24 N–H and O–H groups in total. The van der Waals surface area contributed by atoms with E-state index in [1.807, 2.05) is 0 Å². The van der Waals surface area contributed by atoms with Gasteiger partial charge in [-0.3, -0.25) is 67.1 Å². The summed E-state index contributed by atoms with van der Waals surface area (Å²) >= 11 is 0. The number of nitrogens with one attached hydrogen (secondary N) is 10. The van der Waals surface area contributed by atoms with Gasteiger partial charge in [0.2, 0.25) is 76.8 Å². The van der Waals surface area contributed by atoms with Crippen LogP contribution in [0.15, 0.2) is 84.9 Å². The molecule has 101 heavy (non-hydrogen) atoms. The van der Waals surface area contributed by atoms with Crippen LogP contribution in [0.4, 0.5) is 0 Å². The van der Waals surface area contributed by atoms with Crippen molar-refractivity contribution in [1.29, 1.82) is 0 Å². The molecule has 1 aliphatic heterocycles. The highest BCUT2D eigenvalue weighted by molar-refractivity contribution is 6.01. The van der Waals surface area contributed by atoms with Crippen molar-refractivity contribution in [2.75, 3.05) is 19.7 Å². The van der Waals surface area contributed by atoms with E-state index in [1.54, 1.807) is 60.7 Å². The molecule has 36 nitrogen and oxygen atoms in total. The number of phenolic OH excluding ortho intramolecular Hbond substituents is 1. The second-order valence-electron chi connectivity index (χ2n) is 24.2. The van der Waals surface area contributed by atoms with Crippen LogP contribution in [0.3, 0.4) is 0 Å². The van der Waals surface area contributed by atoms with Crippen LogP contribution in [0.5, 0.6) is 5.75 Å². The first kappa shape index (κ1) is 82.7. The normalized spacial score (nSPS) is 16.4. The van der Waals surface area contributed by atoms with E-state index in [4.69, 9.17) is 22.9 Å². The molecule has 0 aromatic heterocycles. The van der Waals surface area contributed by atoms with Crippen molar-refractivity contribution in [2.24, 2.45) is 22.9 Å². The van der Waals surface area contributed by atoms with Crippen molar-refractivity contribution < 1.29 is 103 Å². The molecule has 0 radical (unpaired) electrons. The summed E-state index contributed by atoms with van der Waals surface area (Å²) in [6, 6.07) is 1.70. The number of carbonyl (C=O) groups excluding carboxylic acids is 13. The van der Waals surface area contributed by atoms with Crippen LogP contribution >= 0.6 is 0 Å². The van der Waals surface area contributed by atoms with E-state index in [9.17, 15) is 103 Å². The number of carbonyl (C=O) groups is 15. The number of aromatic hydroxyl groups is 1. The fourth-order valence-corrected chi connectivity index (χ4v) is 10.5. The number of aliphatic hydroxyl groups is 3. The molecule has 1 saturated heterocycles. The van der Waals surface area contributed by atoms with Crippen LogP contribution in [0.2, 0.25) is 0 Å². The number of likely N-dealkylation sites (tertiary alicyclic amines) is 1. The summed E-state index contributed by atoms with van der Waals surface area (Å²) in [6.45, 7) is 2.21. The Morgan fingerprint density at radius 3 is 1.47 bits per heavy atom. The third kappa shape index (κ3) is 27.5. The lowest BCUT2D eigenvalue weighted by Gasteiger charge is -2.31. The number of rotatable bonds is 42. The van der Waals surface area contributed by atoms with Gasteiger partial charge in [0.15, 0.2) is 0 Å². The Morgan fingerprint density at radius 2 is 0.941 bits per heavy atom. The van der Waals surface area contributed by atoms with E-state index < -0.39 is 212 Å². The lowest BCUT2D eigenvalue weighted by atomic mass is 10.0. The van der Waals surface area contributed by atoms with Crippen LogP contribution in [0, 0.1) is 0 Å². The number of nitrogens with two attached hydrogens (primary N) is 4. The van der Waals surface area contributed by atoms with Crippen molar-refractivity contribution >= 4 is 88.7 Å². The standard InChI is InChI=1S/C65H91N15O21/c1-33(54(89)72-42(65(100)101)17-10-11-25-66)70-62(97)52(34(2)82)78-59(94)44(28-37-15-8-5-9-16-37)75-61(96)48-18-12-26-80(48)64(99)46(31-50(69)86)76-63(98)53(35(3)83)79-60(95)47(32-81)77-56(91)41(23-24-51(87)88)71-57(92)43(29-38-19-21-39(84)22-20-38)74-58(93)45(30-49(68)85)73-55(90)40(67)27-36-13-6-4-7-14-36/h4-9,13-16,19-22,33-35,40-48,52-53,81-84H,10-12,17-18,23-32,66-67H2,1-3H3,(H2,68,85)(H2,69,86)(H,70,97)(H,71,92)(H,72,89)(H,73,90)(H,74,93)(H,75,96)(H,76,98)(H,77,91)(H,78,94)(H,79,95)(H,87,88)(H,100,101)/t33-,34+,35+,40-,41-,42-,43-,44-,45-,46-,47-,48-,52-,53-/m0/s1. The smallest absolute Gasteiger partial charge is 0.326 e. The Balaban J connectivity index is 1.52. The quantitative estimate of drug-likeness (QED) is 0.0234. The topological polar surface area (TPSA) is 605 Å². The molecule has 0 saturated carbocycles. The Hall–Kier alpha value is -10.7. The first-order valence-electron chi connectivity index (χ1n) is 32.4. The summed E-state index contributed by atoms with van der Waals surface area (Å²) in [5.41, 5.74) is 24.0. The number of carboxylic acid groups (broad SMARTS) is 2. The second kappa shape index (κ2) is 41.0. The van der Waals surface area contributed by atoms with E-state index in [0.29, 0.717) is 24.0 Å². The fourth-order valence-electron chi connectivity index (χ4n) is 10.5. The third-order valence-electron chi connectivity index (χ3n) is 16.0. The molecule has 0 unspecified atom stereocenters. The Morgan fingerprint density at radius 1 is 0.495 bits per heavy atom. The fraction of sp³-hybridized carbons (Fsp3) is 0.492. The number of hydrogen-bond donors (Lipinski definition) is 20. The van der Waals surface area contributed by atoms with Gasteiger partial charge in [0.05, 0.1) is 37.7 Å². The molecule has 1 aliphatic rings. The zero-order chi connectivity index (χ0) is 75.2. The largest absolute Gasteiger partial charge is 0.508 e. The van der Waals surface area contributed by atoms with Gasteiger partial charge in [0.25, 0.3) is 0 Å². The van der Waals surface area contributed by atoms with Gasteiger partial charge in [-0.15, -0.1) is 0 Å². The molecule has 13 amide bonds. The molecular weight excluding hydrogens is 1330 g/mol. The number of aliphatic hydroxyl groups excluding tert-OH is 3. The van der Waals surface area contributed by atoms with Gasteiger partial charge in [-0.2, -0.15) is 0 Å². The highest BCUT2D eigenvalue weighted by Crippen LogP contribution is 2.21. The number of hydrogen-bond acceptors (Lipinski definition) is 21.